The van der Waals surface area contributed by atoms with Crippen molar-refractivity contribution in [2.45, 2.75) is 32.7 Å². The summed E-state index contributed by atoms with van der Waals surface area (Å²) >= 11 is 0. The summed E-state index contributed by atoms with van der Waals surface area (Å²) in [5.41, 5.74) is 1.11. The molecule has 0 bridgehead atoms. The molecule has 1 aromatic rings. The van der Waals surface area contributed by atoms with Crippen molar-refractivity contribution in [2.75, 3.05) is 39.4 Å². The van der Waals surface area contributed by atoms with E-state index in [9.17, 15) is 9.59 Å². The highest BCUT2D eigenvalue weighted by Crippen LogP contribution is 2.29. The SMILES string of the molecule is CC[C@@H]1CN(C(=O)N2CCOCC2)CC[C@H]1CC(=O)NCc1ccccc1. The average molecular weight is 373 g/mol. The van der Waals surface area contributed by atoms with Crippen LogP contribution < -0.4 is 5.32 Å². The number of likely N-dealkylation sites (tertiary alicyclic amines) is 1. The lowest BCUT2D eigenvalue weighted by atomic mass is 9.81. The summed E-state index contributed by atoms with van der Waals surface area (Å²) in [7, 11) is 0. The largest absolute Gasteiger partial charge is 0.378 e. The Balaban J connectivity index is 1.47. The first kappa shape index (κ1) is 19.7. The van der Waals surface area contributed by atoms with Crippen LogP contribution in [0.5, 0.6) is 0 Å². The lowest BCUT2D eigenvalue weighted by Crippen LogP contribution is -2.52. The highest BCUT2D eigenvalue weighted by Gasteiger charge is 2.33. The van der Waals surface area contributed by atoms with E-state index in [4.69, 9.17) is 4.74 Å². The average Bonchev–Trinajstić information content (AvgIpc) is 2.73. The van der Waals surface area contributed by atoms with Gasteiger partial charge in [0.15, 0.2) is 0 Å². The van der Waals surface area contributed by atoms with E-state index < -0.39 is 0 Å². The molecule has 0 unspecified atom stereocenters. The molecule has 1 aromatic carbocycles. The van der Waals surface area contributed by atoms with Crippen LogP contribution in [-0.2, 0) is 16.1 Å². The molecule has 2 aliphatic heterocycles. The molecule has 0 saturated carbocycles. The molecule has 2 heterocycles. The maximum Gasteiger partial charge on any atom is 0.320 e. The molecule has 6 nitrogen and oxygen atoms in total. The standard InChI is InChI=1S/C21H31N3O3/c1-2-18-16-24(21(26)23-10-12-27-13-11-23)9-8-19(18)14-20(25)22-15-17-6-4-3-5-7-17/h3-7,18-19H,2,8-16H2,1H3,(H,22,25)/t18-,19+/m1/s1. The molecule has 2 aliphatic rings. The van der Waals surface area contributed by atoms with Crippen molar-refractivity contribution < 1.29 is 14.3 Å². The number of urea groups is 1. The first-order chi connectivity index (χ1) is 13.2. The predicted molar refractivity (Wildman–Crippen MR) is 104 cm³/mol. The van der Waals surface area contributed by atoms with E-state index in [0.717, 1.165) is 31.5 Å². The van der Waals surface area contributed by atoms with Gasteiger partial charge in [0.25, 0.3) is 0 Å². The number of hydrogen-bond donors (Lipinski definition) is 1. The number of ether oxygens (including phenoxy) is 1. The van der Waals surface area contributed by atoms with Crippen LogP contribution in [0.2, 0.25) is 0 Å². The minimum Gasteiger partial charge on any atom is -0.378 e. The Bertz CT molecular complexity index is 616. The predicted octanol–water partition coefficient (Wildman–Crippen LogP) is 2.49. The van der Waals surface area contributed by atoms with Crippen LogP contribution >= 0.6 is 0 Å². The highest BCUT2D eigenvalue weighted by molar-refractivity contribution is 5.76. The minimum atomic E-state index is 0.107. The van der Waals surface area contributed by atoms with Crippen LogP contribution in [0.3, 0.4) is 0 Å². The Morgan fingerprint density at radius 1 is 1.07 bits per heavy atom. The lowest BCUT2D eigenvalue weighted by molar-refractivity contribution is -0.123. The summed E-state index contributed by atoms with van der Waals surface area (Å²) in [5.74, 6) is 0.834. The van der Waals surface area contributed by atoms with Gasteiger partial charge in [-0.25, -0.2) is 4.79 Å². The van der Waals surface area contributed by atoms with Gasteiger partial charge < -0.3 is 19.9 Å². The second-order valence-electron chi connectivity index (χ2n) is 7.51. The van der Waals surface area contributed by atoms with E-state index in [1.165, 1.54) is 0 Å². The summed E-state index contributed by atoms with van der Waals surface area (Å²) in [6, 6.07) is 10.1. The van der Waals surface area contributed by atoms with Crippen molar-refractivity contribution in [1.82, 2.24) is 15.1 Å². The molecule has 2 fully saturated rings. The number of carbonyl (C=O) groups excluding carboxylic acids is 2. The number of hydrogen-bond acceptors (Lipinski definition) is 3. The first-order valence-corrected chi connectivity index (χ1v) is 10.1. The van der Waals surface area contributed by atoms with Gasteiger partial charge in [-0.2, -0.15) is 0 Å². The summed E-state index contributed by atoms with van der Waals surface area (Å²) in [4.78, 5) is 29.0. The quantitative estimate of drug-likeness (QED) is 0.863. The van der Waals surface area contributed by atoms with Crippen LogP contribution in [0, 0.1) is 11.8 Å². The molecule has 2 atom stereocenters. The number of nitrogens with zero attached hydrogens (tertiary/aromatic N) is 2. The van der Waals surface area contributed by atoms with Crippen LogP contribution in [0.25, 0.3) is 0 Å². The van der Waals surface area contributed by atoms with Gasteiger partial charge in [-0.3, -0.25) is 4.79 Å². The molecule has 0 radical (unpaired) electrons. The third-order valence-corrected chi connectivity index (χ3v) is 5.75. The molecule has 148 valence electrons. The number of amides is 3. The van der Waals surface area contributed by atoms with E-state index in [0.29, 0.717) is 51.1 Å². The van der Waals surface area contributed by atoms with Crippen LogP contribution in [0.15, 0.2) is 30.3 Å². The molecular weight excluding hydrogens is 342 g/mol. The van der Waals surface area contributed by atoms with Gasteiger partial charge in [-0.1, -0.05) is 43.7 Å². The minimum absolute atomic E-state index is 0.107. The normalized spacial score (nSPS) is 23.1. The van der Waals surface area contributed by atoms with Gasteiger partial charge >= 0.3 is 6.03 Å². The molecule has 3 amide bonds. The Morgan fingerprint density at radius 3 is 2.52 bits per heavy atom. The third kappa shape index (κ3) is 5.45. The van der Waals surface area contributed by atoms with Crippen molar-refractivity contribution in [3.05, 3.63) is 35.9 Å². The van der Waals surface area contributed by atoms with Crippen molar-refractivity contribution in [1.29, 1.82) is 0 Å². The first-order valence-electron chi connectivity index (χ1n) is 10.1. The van der Waals surface area contributed by atoms with Crippen molar-refractivity contribution >= 4 is 11.9 Å². The Morgan fingerprint density at radius 2 is 1.81 bits per heavy atom. The number of nitrogens with one attached hydrogen (secondary N) is 1. The third-order valence-electron chi connectivity index (χ3n) is 5.75. The Hall–Kier alpha value is -2.08. The van der Waals surface area contributed by atoms with E-state index in [1.807, 2.05) is 40.1 Å². The summed E-state index contributed by atoms with van der Waals surface area (Å²) < 4.78 is 5.34. The molecule has 0 aromatic heterocycles. The Kier molecular flexibility index (Phi) is 7.10. The van der Waals surface area contributed by atoms with Gasteiger partial charge in [-0.15, -0.1) is 0 Å². The van der Waals surface area contributed by atoms with Crippen molar-refractivity contribution in [2.24, 2.45) is 11.8 Å². The molecule has 27 heavy (non-hydrogen) atoms. The smallest absolute Gasteiger partial charge is 0.320 e. The molecule has 3 rings (SSSR count). The van der Waals surface area contributed by atoms with E-state index in [2.05, 4.69) is 12.2 Å². The zero-order valence-electron chi connectivity index (χ0n) is 16.2. The second kappa shape index (κ2) is 9.74. The summed E-state index contributed by atoms with van der Waals surface area (Å²) in [6.45, 7) is 6.83. The van der Waals surface area contributed by atoms with Crippen LogP contribution in [0.4, 0.5) is 4.79 Å². The number of morpholine rings is 1. The van der Waals surface area contributed by atoms with E-state index in [-0.39, 0.29) is 11.9 Å². The number of piperidine rings is 1. The summed E-state index contributed by atoms with van der Waals surface area (Å²) in [6.07, 6.45) is 2.43. The fraction of sp³-hybridized carbons (Fsp3) is 0.619. The van der Waals surface area contributed by atoms with Crippen molar-refractivity contribution in [3.63, 3.8) is 0 Å². The van der Waals surface area contributed by atoms with Crippen LogP contribution in [-0.4, -0.2) is 61.1 Å². The van der Waals surface area contributed by atoms with E-state index in [1.54, 1.807) is 0 Å². The van der Waals surface area contributed by atoms with Crippen LogP contribution in [0.1, 0.15) is 31.7 Å². The molecular formula is C21H31N3O3. The highest BCUT2D eigenvalue weighted by atomic mass is 16.5. The Labute approximate surface area is 161 Å². The zero-order valence-corrected chi connectivity index (χ0v) is 16.2. The van der Waals surface area contributed by atoms with Gasteiger partial charge in [0, 0.05) is 39.1 Å². The van der Waals surface area contributed by atoms with Gasteiger partial charge in [0.2, 0.25) is 5.91 Å². The number of carbonyl (C=O) groups is 2. The maximum absolute atomic E-state index is 12.7. The summed E-state index contributed by atoms with van der Waals surface area (Å²) in [5, 5.41) is 3.03. The second-order valence-corrected chi connectivity index (χ2v) is 7.51. The van der Waals surface area contributed by atoms with Gasteiger partial charge in [0.05, 0.1) is 13.2 Å². The number of rotatable bonds is 5. The molecule has 1 N–H and O–H groups in total. The molecule has 0 spiro atoms. The fourth-order valence-corrected chi connectivity index (χ4v) is 4.05. The molecule has 6 heteroatoms. The van der Waals surface area contributed by atoms with Gasteiger partial charge in [-0.05, 0) is 23.8 Å². The topological polar surface area (TPSA) is 61.9 Å². The molecule has 0 aliphatic carbocycles. The van der Waals surface area contributed by atoms with Gasteiger partial charge in [0.1, 0.15) is 0 Å². The fourth-order valence-electron chi connectivity index (χ4n) is 4.05. The number of benzene rings is 1. The zero-order chi connectivity index (χ0) is 19.1. The van der Waals surface area contributed by atoms with E-state index >= 15 is 0 Å². The lowest BCUT2D eigenvalue weighted by Gasteiger charge is -2.41. The maximum atomic E-state index is 12.7. The molecule has 2 saturated heterocycles. The monoisotopic (exact) mass is 373 g/mol. The van der Waals surface area contributed by atoms with Crippen molar-refractivity contribution in [3.8, 4) is 0 Å².